The Morgan fingerprint density at radius 2 is 1.89 bits per heavy atom. The van der Waals surface area contributed by atoms with Crippen molar-refractivity contribution in [1.82, 2.24) is 9.97 Å². The largest absolute Gasteiger partial charge is 0.383 e. The number of nitrogens with one attached hydrogen (secondary N) is 1. The molecule has 1 aliphatic rings. The van der Waals surface area contributed by atoms with Gasteiger partial charge in [-0.1, -0.05) is 20.8 Å². The summed E-state index contributed by atoms with van der Waals surface area (Å²) in [5, 5.41) is 3.48. The summed E-state index contributed by atoms with van der Waals surface area (Å²) in [6.07, 6.45) is 2.38. The molecule has 1 heterocycles. The van der Waals surface area contributed by atoms with Crippen molar-refractivity contribution in [2.24, 2.45) is 5.41 Å². The van der Waals surface area contributed by atoms with Gasteiger partial charge in [-0.15, -0.1) is 0 Å². The van der Waals surface area contributed by atoms with E-state index in [2.05, 4.69) is 43.0 Å². The van der Waals surface area contributed by atoms with E-state index >= 15 is 0 Å². The molecule has 1 fully saturated rings. The van der Waals surface area contributed by atoms with Gasteiger partial charge >= 0.3 is 0 Å². The van der Waals surface area contributed by atoms with Crippen LogP contribution in [0, 0.1) is 12.3 Å². The number of anilines is 2. The molecule has 100 valence electrons. The minimum Gasteiger partial charge on any atom is -0.383 e. The Balaban J connectivity index is 2.26. The maximum absolute atomic E-state index is 5.98. The number of nitrogens with zero attached hydrogens (tertiary/aromatic N) is 2. The third-order valence-corrected chi connectivity index (χ3v) is 3.80. The summed E-state index contributed by atoms with van der Waals surface area (Å²) in [6.45, 7) is 10.8. The summed E-state index contributed by atoms with van der Waals surface area (Å²) in [6, 6.07) is 0.331. The van der Waals surface area contributed by atoms with Crippen molar-refractivity contribution in [2.45, 2.75) is 59.4 Å². The first-order chi connectivity index (χ1) is 8.29. The van der Waals surface area contributed by atoms with E-state index in [4.69, 9.17) is 5.73 Å². The molecule has 0 aromatic carbocycles. The Morgan fingerprint density at radius 3 is 2.39 bits per heavy atom. The van der Waals surface area contributed by atoms with Crippen LogP contribution in [0.4, 0.5) is 11.6 Å². The number of hydrogen-bond donors (Lipinski definition) is 2. The second-order valence-electron chi connectivity index (χ2n) is 6.45. The summed E-state index contributed by atoms with van der Waals surface area (Å²) in [7, 11) is 0. The van der Waals surface area contributed by atoms with Crippen LogP contribution in [0.3, 0.4) is 0 Å². The van der Waals surface area contributed by atoms with Crippen LogP contribution in [-0.2, 0) is 0 Å². The third-order valence-electron chi connectivity index (χ3n) is 3.80. The average Bonchev–Trinajstić information content (AvgIpc) is 3.06. The Kier molecular flexibility index (Phi) is 3.21. The van der Waals surface area contributed by atoms with Gasteiger partial charge in [0.1, 0.15) is 17.5 Å². The molecule has 0 bridgehead atoms. The summed E-state index contributed by atoms with van der Waals surface area (Å²) in [5.41, 5.74) is 7.12. The number of nitrogens with two attached hydrogens (primary N) is 1. The fourth-order valence-corrected chi connectivity index (χ4v) is 1.64. The summed E-state index contributed by atoms with van der Waals surface area (Å²) >= 11 is 0. The molecule has 4 heteroatoms. The molecule has 18 heavy (non-hydrogen) atoms. The quantitative estimate of drug-likeness (QED) is 0.862. The minimum atomic E-state index is 0.186. The predicted molar refractivity (Wildman–Crippen MR) is 75.7 cm³/mol. The van der Waals surface area contributed by atoms with E-state index in [0.717, 1.165) is 17.2 Å². The van der Waals surface area contributed by atoms with E-state index in [-0.39, 0.29) is 5.41 Å². The standard InChI is InChI=1S/C14H24N4/c1-8-11(15)17-13(10-6-7-10)18-12(8)16-9(2)14(3,4)5/h9-10H,6-7H2,1-5H3,(H3,15,16,17,18). The summed E-state index contributed by atoms with van der Waals surface area (Å²) < 4.78 is 0. The van der Waals surface area contributed by atoms with Crippen LogP contribution in [0.15, 0.2) is 0 Å². The molecule has 0 saturated heterocycles. The third kappa shape index (κ3) is 2.74. The van der Waals surface area contributed by atoms with Crippen molar-refractivity contribution in [3.8, 4) is 0 Å². The van der Waals surface area contributed by atoms with Gasteiger partial charge in [0.25, 0.3) is 0 Å². The average molecular weight is 248 g/mol. The van der Waals surface area contributed by atoms with Crippen molar-refractivity contribution in [2.75, 3.05) is 11.1 Å². The van der Waals surface area contributed by atoms with Crippen LogP contribution in [0.5, 0.6) is 0 Å². The molecule has 0 aliphatic heterocycles. The predicted octanol–water partition coefficient (Wildman–Crippen LogP) is 3.09. The van der Waals surface area contributed by atoms with Crippen LogP contribution < -0.4 is 11.1 Å². The molecule has 0 radical (unpaired) electrons. The zero-order valence-electron chi connectivity index (χ0n) is 12.0. The first kappa shape index (κ1) is 13.1. The lowest BCUT2D eigenvalue weighted by atomic mass is 9.88. The molecule has 1 aliphatic carbocycles. The highest BCUT2D eigenvalue weighted by Gasteiger charge is 2.28. The van der Waals surface area contributed by atoms with Gasteiger partial charge in [-0.05, 0) is 32.1 Å². The smallest absolute Gasteiger partial charge is 0.136 e. The van der Waals surface area contributed by atoms with Gasteiger partial charge in [0.2, 0.25) is 0 Å². The van der Waals surface area contributed by atoms with Crippen molar-refractivity contribution in [3.05, 3.63) is 11.4 Å². The Morgan fingerprint density at radius 1 is 1.28 bits per heavy atom. The van der Waals surface area contributed by atoms with Crippen molar-refractivity contribution < 1.29 is 0 Å². The molecule has 1 aromatic rings. The highest BCUT2D eigenvalue weighted by molar-refractivity contribution is 5.55. The van der Waals surface area contributed by atoms with Gasteiger partial charge in [-0.2, -0.15) is 0 Å². The SMILES string of the molecule is Cc1c(N)nc(C2CC2)nc1NC(C)C(C)(C)C. The second-order valence-corrected chi connectivity index (χ2v) is 6.45. The first-order valence-corrected chi connectivity index (χ1v) is 6.69. The van der Waals surface area contributed by atoms with Crippen LogP contribution >= 0.6 is 0 Å². The maximum atomic E-state index is 5.98. The fourth-order valence-electron chi connectivity index (χ4n) is 1.64. The van der Waals surface area contributed by atoms with Gasteiger partial charge in [-0.3, -0.25) is 0 Å². The monoisotopic (exact) mass is 248 g/mol. The van der Waals surface area contributed by atoms with Crippen molar-refractivity contribution in [3.63, 3.8) is 0 Å². The Labute approximate surface area is 109 Å². The molecule has 1 aromatic heterocycles. The zero-order valence-corrected chi connectivity index (χ0v) is 12.0. The number of aromatic nitrogens is 2. The molecule has 0 amide bonds. The van der Waals surface area contributed by atoms with Crippen LogP contribution in [-0.4, -0.2) is 16.0 Å². The van der Waals surface area contributed by atoms with E-state index < -0.39 is 0 Å². The fraction of sp³-hybridized carbons (Fsp3) is 0.714. The molecule has 1 unspecified atom stereocenters. The number of hydrogen-bond acceptors (Lipinski definition) is 4. The van der Waals surface area contributed by atoms with E-state index in [1.807, 2.05) is 6.92 Å². The first-order valence-electron chi connectivity index (χ1n) is 6.69. The number of rotatable bonds is 3. The molecule has 4 nitrogen and oxygen atoms in total. The van der Waals surface area contributed by atoms with E-state index in [0.29, 0.717) is 17.8 Å². The second kappa shape index (κ2) is 4.41. The van der Waals surface area contributed by atoms with Crippen molar-refractivity contribution >= 4 is 11.6 Å². The van der Waals surface area contributed by atoms with Crippen LogP contribution in [0.2, 0.25) is 0 Å². The van der Waals surface area contributed by atoms with Gasteiger partial charge in [0.15, 0.2) is 0 Å². The minimum absolute atomic E-state index is 0.186. The van der Waals surface area contributed by atoms with Gasteiger partial charge in [-0.25, -0.2) is 9.97 Å². The van der Waals surface area contributed by atoms with Crippen LogP contribution in [0.1, 0.15) is 57.8 Å². The lowest BCUT2D eigenvalue weighted by molar-refractivity contribution is 0.358. The highest BCUT2D eigenvalue weighted by Crippen LogP contribution is 2.39. The Hall–Kier alpha value is -1.32. The summed E-state index contributed by atoms with van der Waals surface area (Å²) in [5.74, 6) is 2.93. The topological polar surface area (TPSA) is 63.8 Å². The van der Waals surface area contributed by atoms with Gasteiger partial charge in [0, 0.05) is 17.5 Å². The van der Waals surface area contributed by atoms with Gasteiger partial charge < -0.3 is 11.1 Å². The van der Waals surface area contributed by atoms with E-state index in [9.17, 15) is 0 Å². The molecular formula is C14H24N4. The maximum Gasteiger partial charge on any atom is 0.136 e. The lowest BCUT2D eigenvalue weighted by Crippen LogP contribution is -2.31. The molecule has 3 N–H and O–H groups in total. The van der Waals surface area contributed by atoms with Crippen LogP contribution in [0.25, 0.3) is 0 Å². The van der Waals surface area contributed by atoms with E-state index in [1.165, 1.54) is 12.8 Å². The molecule has 0 spiro atoms. The summed E-state index contributed by atoms with van der Waals surface area (Å²) in [4.78, 5) is 9.04. The molecule has 1 saturated carbocycles. The zero-order chi connectivity index (χ0) is 13.5. The molecular weight excluding hydrogens is 224 g/mol. The molecule has 2 rings (SSSR count). The highest BCUT2D eigenvalue weighted by atomic mass is 15.1. The van der Waals surface area contributed by atoms with Gasteiger partial charge in [0.05, 0.1) is 0 Å². The van der Waals surface area contributed by atoms with E-state index in [1.54, 1.807) is 0 Å². The Bertz CT molecular complexity index is 444. The lowest BCUT2D eigenvalue weighted by Gasteiger charge is -2.29. The van der Waals surface area contributed by atoms with Crippen molar-refractivity contribution in [1.29, 1.82) is 0 Å². The number of nitrogen functional groups attached to an aromatic ring is 1. The molecule has 1 atom stereocenters. The normalized spacial score (nSPS) is 17.6.